The molecule has 1 heterocycles. The van der Waals surface area contributed by atoms with Crippen molar-refractivity contribution in [2.75, 3.05) is 31.6 Å². The topological polar surface area (TPSA) is 73.4 Å². The minimum Gasteiger partial charge on any atom is -0.357 e. The van der Waals surface area contributed by atoms with E-state index in [0.717, 1.165) is 12.2 Å². The van der Waals surface area contributed by atoms with Crippen LogP contribution >= 0.6 is 0 Å². The number of hydrogen-bond donors (Lipinski definition) is 1. The molecule has 5 nitrogen and oxygen atoms in total. The third-order valence-electron chi connectivity index (χ3n) is 3.24. The number of nitrogens with zero attached hydrogens (tertiary/aromatic N) is 3. The van der Waals surface area contributed by atoms with Crippen LogP contribution in [-0.4, -0.2) is 43.5 Å². The van der Waals surface area contributed by atoms with E-state index in [1.165, 1.54) is 0 Å². The van der Waals surface area contributed by atoms with Gasteiger partial charge >= 0.3 is 0 Å². The molecule has 0 bridgehead atoms. The summed E-state index contributed by atoms with van der Waals surface area (Å²) >= 11 is 0. The number of anilines is 1. The number of amides is 1. The van der Waals surface area contributed by atoms with Gasteiger partial charge in [-0.15, -0.1) is 0 Å². The minimum atomic E-state index is -0.335. The zero-order chi connectivity index (χ0) is 13.1. The van der Waals surface area contributed by atoms with Crippen LogP contribution < -0.4 is 10.6 Å². The molecule has 1 amide bonds. The van der Waals surface area contributed by atoms with Crippen molar-refractivity contribution in [2.45, 2.75) is 6.04 Å². The van der Waals surface area contributed by atoms with Crippen molar-refractivity contribution in [1.29, 1.82) is 5.26 Å². The Balaban J connectivity index is 2.31. The highest BCUT2D eigenvalue weighted by molar-refractivity contribution is 5.86. The number of hydrogen-bond acceptors (Lipinski definition) is 4. The number of carbonyl (C=O) groups is 1. The van der Waals surface area contributed by atoms with Crippen LogP contribution in [0.5, 0.6) is 0 Å². The molecule has 1 aromatic carbocycles. The van der Waals surface area contributed by atoms with E-state index >= 15 is 0 Å². The van der Waals surface area contributed by atoms with Gasteiger partial charge in [0.05, 0.1) is 11.6 Å². The smallest absolute Gasteiger partial charge is 0.246 e. The first-order chi connectivity index (χ1) is 8.67. The van der Waals surface area contributed by atoms with Crippen LogP contribution in [-0.2, 0) is 4.79 Å². The quantitative estimate of drug-likeness (QED) is 0.804. The average Bonchev–Trinajstić information content (AvgIpc) is 2.41. The molecule has 1 aromatic rings. The van der Waals surface area contributed by atoms with Gasteiger partial charge in [-0.25, -0.2) is 0 Å². The van der Waals surface area contributed by atoms with Crippen molar-refractivity contribution in [3.63, 3.8) is 0 Å². The lowest BCUT2D eigenvalue weighted by molar-refractivity contribution is -0.132. The van der Waals surface area contributed by atoms with Gasteiger partial charge in [-0.3, -0.25) is 4.79 Å². The molecule has 1 atom stereocenters. The van der Waals surface area contributed by atoms with Gasteiger partial charge in [0.15, 0.2) is 0 Å². The Hall–Kier alpha value is -2.06. The highest BCUT2D eigenvalue weighted by Gasteiger charge is 2.31. The molecular weight excluding hydrogens is 228 g/mol. The second-order valence-electron chi connectivity index (χ2n) is 4.37. The highest BCUT2D eigenvalue weighted by atomic mass is 16.2. The van der Waals surface area contributed by atoms with Gasteiger partial charge < -0.3 is 15.5 Å². The van der Waals surface area contributed by atoms with Gasteiger partial charge in [0, 0.05) is 32.4 Å². The van der Waals surface area contributed by atoms with Crippen molar-refractivity contribution in [3.05, 3.63) is 29.8 Å². The number of rotatable bonds is 2. The van der Waals surface area contributed by atoms with Gasteiger partial charge in [-0.05, 0) is 18.2 Å². The van der Waals surface area contributed by atoms with Crippen LogP contribution in [0.1, 0.15) is 5.56 Å². The zero-order valence-corrected chi connectivity index (χ0v) is 10.3. The monoisotopic (exact) mass is 244 g/mol. The standard InChI is InChI=1S/C13H16N4O/c1-16-5-6-17(12(9-15)13(16)18)11-4-2-3-10(7-11)8-14/h2-4,7,12H,5-6,9,15H2,1H3. The van der Waals surface area contributed by atoms with Gasteiger partial charge in [0.1, 0.15) is 6.04 Å². The second kappa shape index (κ2) is 5.07. The van der Waals surface area contributed by atoms with Crippen molar-refractivity contribution < 1.29 is 4.79 Å². The third-order valence-corrected chi connectivity index (χ3v) is 3.24. The zero-order valence-electron chi connectivity index (χ0n) is 10.3. The van der Waals surface area contributed by atoms with E-state index in [1.54, 1.807) is 24.1 Å². The first-order valence-electron chi connectivity index (χ1n) is 5.89. The summed E-state index contributed by atoms with van der Waals surface area (Å²) in [7, 11) is 1.79. The summed E-state index contributed by atoms with van der Waals surface area (Å²) in [6, 6.07) is 9.04. The number of benzene rings is 1. The van der Waals surface area contributed by atoms with Crippen LogP contribution in [0.4, 0.5) is 5.69 Å². The lowest BCUT2D eigenvalue weighted by atomic mass is 10.1. The van der Waals surface area contributed by atoms with Crippen molar-refractivity contribution in [2.24, 2.45) is 5.73 Å². The fraction of sp³-hybridized carbons (Fsp3) is 0.385. The Morgan fingerprint density at radius 2 is 2.28 bits per heavy atom. The number of nitriles is 1. The van der Waals surface area contributed by atoms with E-state index in [1.807, 2.05) is 17.0 Å². The fourth-order valence-corrected chi connectivity index (χ4v) is 2.20. The SMILES string of the molecule is CN1CCN(c2cccc(C#N)c2)C(CN)C1=O. The van der Waals surface area contributed by atoms with E-state index in [-0.39, 0.29) is 18.5 Å². The van der Waals surface area contributed by atoms with Gasteiger partial charge in [-0.1, -0.05) is 6.07 Å². The normalized spacial score (nSPS) is 19.8. The first-order valence-corrected chi connectivity index (χ1v) is 5.89. The summed E-state index contributed by atoms with van der Waals surface area (Å²) in [5.74, 6) is 0.0334. The van der Waals surface area contributed by atoms with E-state index in [4.69, 9.17) is 11.0 Å². The molecule has 2 rings (SSSR count). The molecule has 1 unspecified atom stereocenters. The Kier molecular flexibility index (Phi) is 3.49. The Morgan fingerprint density at radius 3 is 2.94 bits per heavy atom. The summed E-state index contributed by atoms with van der Waals surface area (Å²) in [5, 5.41) is 8.91. The highest BCUT2D eigenvalue weighted by Crippen LogP contribution is 2.21. The largest absolute Gasteiger partial charge is 0.357 e. The molecule has 0 spiro atoms. The van der Waals surface area contributed by atoms with Gasteiger partial charge in [0.25, 0.3) is 0 Å². The maximum Gasteiger partial charge on any atom is 0.246 e. The molecule has 0 aliphatic carbocycles. The average molecular weight is 244 g/mol. The minimum absolute atomic E-state index is 0.0334. The van der Waals surface area contributed by atoms with E-state index in [0.29, 0.717) is 12.1 Å². The van der Waals surface area contributed by atoms with Crippen LogP contribution in [0.25, 0.3) is 0 Å². The van der Waals surface area contributed by atoms with Crippen molar-refractivity contribution in [1.82, 2.24) is 4.90 Å². The Morgan fingerprint density at radius 1 is 1.50 bits per heavy atom. The molecule has 2 N–H and O–H groups in total. The van der Waals surface area contributed by atoms with E-state index in [2.05, 4.69) is 6.07 Å². The fourth-order valence-electron chi connectivity index (χ4n) is 2.20. The van der Waals surface area contributed by atoms with Gasteiger partial charge in [0.2, 0.25) is 5.91 Å². The summed E-state index contributed by atoms with van der Waals surface area (Å²) in [5.41, 5.74) is 7.17. The summed E-state index contributed by atoms with van der Waals surface area (Å²) in [6.07, 6.45) is 0. The van der Waals surface area contributed by atoms with Crippen LogP contribution in [0, 0.1) is 11.3 Å². The summed E-state index contributed by atoms with van der Waals surface area (Å²) in [4.78, 5) is 15.7. The molecule has 0 radical (unpaired) electrons. The molecule has 5 heteroatoms. The molecule has 1 aliphatic rings. The Bertz CT molecular complexity index is 494. The predicted octanol–water partition coefficient (Wildman–Crippen LogP) is 0.164. The van der Waals surface area contributed by atoms with E-state index < -0.39 is 0 Å². The number of piperazine rings is 1. The van der Waals surface area contributed by atoms with E-state index in [9.17, 15) is 4.79 Å². The molecular formula is C13H16N4O. The molecule has 1 saturated heterocycles. The molecule has 0 saturated carbocycles. The maximum absolute atomic E-state index is 12.0. The number of carbonyl (C=O) groups excluding carboxylic acids is 1. The van der Waals surface area contributed by atoms with Crippen LogP contribution in [0.15, 0.2) is 24.3 Å². The lowest BCUT2D eigenvalue weighted by Gasteiger charge is -2.40. The molecule has 94 valence electrons. The van der Waals surface area contributed by atoms with Crippen LogP contribution in [0.2, 0.25) is 0 Å². The number of likely N-dealkylation sites (N-methyl/N-ethyl adjacent to an activating group) is 1. The summed E-state index contributed by atoms with van der Waals surface area (Å²) < 4.78 is 0. The second-order valence-corrected chi connectivity index (χ2v) is 4.37. The lowest BCUT2D eigenvalue weighted by Crippen LogP contribution is -2.58. The number of nitrogens with two attached hydrogens (primary N) is 1. The Labute approximate surface area is 106 Å². The van der Waals surface area contributed by atoms with Gasteiger partial charge in [-0.2, -0.15) is 5.26 Å². The maximum atomic E-state index is 12.0. The molecule has 1 fully saturated rings. The summed E-state index contributed by atoms with van der Waals surface area (Å²) in [6.45, 7) is 1.69. The van der Waals surface area contributed by atoms with Crippen molar-refractivity contribution >= 4 is 11.6 Å². The van der Waals surface area contributed by atoms with Crippen molar-refractivity contribution in [3.8, 4) is 6.07 Å². The molecule has 18 heavy (non-hydrogen) atoms. The molecule has 1 aliphatic heterocycles. The predicted molar refractivity (Wildman–Crippen MR) is 69.0 cm³/mol. The van der Waals surface area contributed by atoms with Crippen LogP contribution in [0.3, 0.4) is 0 Å². The third kappa shape index (κ3) is 2.15. The first kappa shape index (κ1) is 12.4. The molecule has 0 aromatic heterocycles.